The molecule has 0 bridgehead atoms. The number of carbonyl (C=O) groups is 1. The zero-order chi connectivity index (χ0) is 12.0. The van der Waals surface area contributed by atoms with Crippen LogP contribution in [0.15, 0.2) is 10.4 Å². The van der Waals surface area contributed by atoms with E-state index in [1.165, 1.54) is 24.1 Å². The summed E-state index contributed by atoms with van der Waals surface area (Å²) in [6.07, 6.45) is 4.59. The molecule has 0 saturated carbocycles. The molecule has 2 heterocycles. The fourth-order valence-electron chi connectivity index (χ4n) is 2.67. The van der Waals surface area contributed by atoms with Crippen molar-refractivity contribution in [1.29, 1.82) is 0 Å². The molecule has 3 rings (SSSR count). The number of aromatic amines is 1. The van der Waals surface area contributed by atoms with Gasteiger partial charge in [-0.25, -0.2) is 0 Å². The van der Waals surface area contributed by atoms with Gasteiger partial charge < -0.3 is 0 Å². The van der Waals surface area contributed by atoms with Gasteiger partial charge >= 0.3 is 108 Å². The number of aromatic nitrogens is 1. The molecule has 17 heavy (non-hydrogen) atoms. The van der Waals surface area contributed by atoms with Crippen LogP contribution < -0.4 is 5.73 Å². The van der Waals surface area contributed by atoms with Gasteiger partial charge in [0.05, 0.1) is 0 Å². The van der Waals surface area contributed by atoms with Crippen LogP contribution in [0.5, 0.6) is 0 Å². The van der Waals surface area contributed by atoms with Crippen molar-refractivity contribution in [3.8, 4) is 0 Å². The molecule has 0 spiro atoms. The Hall–Kier alpha value is -1.10. The molecule has 3 nitrogen and oxygen atoms in total. The van der Waals surface area contributed by atoms with Gasteiger partial charge in [-0.3, -0.25) is 0 Å². The first kappa shape index (κ1) is 11.0. The van der Waals surface area contributed by atoms with E-state index in [9.17, 15) is 4.79 Å². The number of aryl methyl sites for hydroxylation is 2. The predicted molar refractivity (Wildman–Crippen MR) is 72.5 cm³/mol. The molecule has 0 saturated heterocycles. The van der Waals surface area contributed by atoms with E-state index in [0.717, 1.165) is 28.0 Å². The second kappa shape index (κ2) is 3.98. The van der Waals surface area contributed by atoms with Crippen molar-refractivity contribution in [2.75, 3.05) is 0 Å². The summed E-state index contributed by atoms with van der Waals surface area (Å²) in [4.78, 5) is 14.8. The molecule has 3 N–H and O–H groups in total. The molecule has 1 amide bonds. The van der Waals surface area contributed by atoms with E-state index in [1.807, 2.05) is 0 Å². The number of amides is 1. The van der Waals surface area contributed by atoms with Gasteiger partial charge in [0, 0.05) is 0 Å². The zero-order valence-corrected chi connectivity index (χ0v) is 10.9. The summed E-state index contributed by atoms with van der Waals surface area (Å²) in [6, 6.07) is 1.78. The topological polar surface area (TPSA) is 58.9 Å². The molecule has 1 aliphatic carbocycles. The Morgan fingerprint density at radius 2 is 2.18 bits per heavy atom. The minimum absolute atomic E-state index is 0.380. The fraction of sp³-hybridized carbons (Fsp3) is 0.333. The summed E-state index contributed by atoms with van der Waals surface area (Å²) in [5.41, 5.74) is 9.52. The van der Waals surface area contributed by atoms with E-state index < -0.39 is 0 Å². The van der Waals surface area contributed by atoms with Crippen LogP contribution in [0.3, 0.4) is 0 Å². The van der Waals surface area contributed by atoms with E-state index >= 15 is 0 Å². The monoisotopic (exact) mass is 290 g/mol. The molecular formula is C12H12BBrN2O. The standard InChI is InChI=1S/C12H12BBrN2O/c14-9-5-7(12(15)17)11-10(13-9)6-3-1-2-4-8(6)16-11/h5,16H,1-4H2,(H2,15,17). The molecule has 5 heteroatoms. The van der Waals surface area contributed by atoms with Crippen molar-refractivity contribution in [2.45, 2.75) is 25.7 Å². The maximum absolute atomic E-state index is 11.5. The summed E-state index contributed by atoms with van der Waals surface area (Å²) in [5.74, 6) is -0.380. The van der Waals surface area contributed by atoms with Gasteiger partial charge in [-0.15, -0.1) is 0 Å². The van der Waals surface area contributed by atoms with Gasteiger partial charge in [0.2, 0.25) is 0 Å². The number of hydrogen-bond acceptors (Lipinski definition) is 1. The van der Waals surface area contributed by atoms with Crippen LogP contribution in [-0.4, -0.2) is 17.8 Å². The third kappa shape index (κ3) is 1.73. The van der Waals surface area contributed by atoms with Crippen LogP contribution in [0.1, 0.15) is 34.5 Å². The van der Waals surface area contributed by atoms with Gasteiger partial charge in [0.1, 0.15) is 0 Å². The Morgan fingerprint density at radius 1 is 1.41 bits per heavy atom. The summed E-state index contributed by atoms with van der Waals surface area (Å²) in [5, 5.41) is 1.14. The van der Waals surface area contributed by atoms with Crippen molar-refractivity contribution >= 4 is 39.5 Å². The Balaban J connectivity index is 2.36. The second-order valence-electron chi connectivity index (χ2n) is 4.53. The average Bonchev–Trinajstić information content (AvgIpc) is 2.66. The molecule has 0 unspecified atom stereocenters. The third-order valence-electron chi connectivity index (χ3n) is 3.44. The zero-order valence-electron chi connectivity index (χ0n) is 9.35. The number of rotatable bonds is 1. The van der Waals surface area contributed by atoms with Crippen molar-refractivity contribution in [2.24, 2.45) is 5.73 Å². The number of H-pyrrole nitrogens is 1. The van der Waals surface area contributed by atoms with E-state index in [1.54, 1.807) is 6.07 Å². The number of nitrogens with two attached hydrogens (primary N) is 1. The van der Waals surface area contributed by atoms with E-state index in [2.05, 4.69) is 27.8 Å². The number of hydrogen-bond donors (Lipinski definition) is 2. The second-order valence-corrected chi connectivity index (χ2v) is 5.45. The van der Waals surface area contributed by atoms with Crippen LogP contribution in [0.25, 0.3) is 10.8 Å². The first-order valence-electron chi connectivity index (χ1n) is 5.79. The first-order valence-corrected chi connectivity index (χ1v) is 6.59. The Bertz CT molecular complexity index is 620. The molecule has 0 radical (unpaired) electrons. The minimum atomic E-state index is -0.380. The van der Waals surface area contributed by atoms with Gasteiger partial charge in [-0.05, 0) is 0 Å². The van der Waals surface area contributed by atoms with Gasteiger partial charge in [0.25, 0.3) is 0 Å². The van der Waals surface area contributed by atoms with E-state index in [-0.39, 0.29) is 5.91 Å². The van der Waals surface area contributed by atoms with Crippen LogP contribution >= 0.6 is 15.9 Å². The Labute approximate surface area is 108 Å². The average molecular weight is 291 g/mol. The quantitative estimate of drug-likeness (QED) is 0.831. The summed E-state index contributed by atoms with van der Waals surface area (Å²) in [6.45, 7) is 2.07. The molecular weight excluding hydrogens is 279 g/mol. The van der Waals surface area contributed by atoms with Crippen LogP contribution in [0, 0.1) is 0 Å². The van der Waals surface area contributed by atoms with Crippen molar-refractivity contribution < 1.29 is 4.79 Å². The van der Waals surface area contributed by atoms with Crippen LogP contribution in [-0.2, 0) is 12.8 Å². The number of carbonyl (C=O) groups excluding carboxylic acids is 1. The van der Waals surface area contributed by atoms with Crippen molar-refractivity contribution in [3.05, 3.63) is 27.3 Å². The Morgan fingerprint density at radius 3 is 2.94 bits per heavy atom. The fourth-order valence-corrected chi connectivity index (χ4v) is 3.12. The number of fused-ring (bicyclic) bond motifs is 3. The summed E-state index contributed by atoms with van der Waals surface area (Å²) in [7, 11) is 0. The van der Waals surface area contributed by atoms with E-state index in [0.29, 0.717) is 5.56 Å². The molecule has 0 atom stereocenters. The number of primary amides is 1. The SMILES string of the molecule is NC(=O)c1cc(Br)bc2c3c([nH]c12)CCCC3. The van der Waals surface area contributed by atoms with Gasteiger partial charge in [0.15, 0.2) is 0 Å². The molecule has 0 aromatic carbocycles. The van der Waals surface area contributed by atoms with Crippen molar-refractivity contribution in [1.82, 2.24) is 4.98 Å². The maximum atomic E-state index is 11.5. The Kier molecular flexibility index (Phi) is 2.58. The normalized spacial score (nSPS) is 14.6. The number of halogens is 1. The molecule has 86 valence electrons. The van der Waals surface area contributed by atoms with Crippen molar-refractivity contribution in [3.63, 3.8) is 0 Å². The molecule has 0 aliphatic heterocycles. The van der Waals surface area contributed by atoms with Crippen LogP contribution in [0.4, 0.5) is 0 Å². The van der Waals surface area contributed by atoms with Gasteiger partial charge in [-0.2, -0.15) is 0 Å². The van der Waals surface area contributed by atoms with Gasteiger partial charge in [-0.1, -0.05) is 0 Å². The van der Waals surface area contributed by atoms with E-state index in [4.69, 9.17) is 5.73 Å². The number of nitrogens with one attached hydrogen (secondary N) is 1. The molecule has 0 fully saturated rings. The predicted octanol–water partition coefficient (Wildman–Crippen LogP) is 2.25. The summed E-state index contributed by atoms with van der Waals surface area (Å²) < 4.78 is 0.908. The van der Waals surface area contributed by atoms with Crippen LogP contribution in [0.2, 0.25) is 0 Å². The third-order valence-corrected chi connectivity index (χ3v) is 3.90. The first-order chi connectivity index (χ1) is 8.16. The molecule has 2 aromatic rings. The molecule has 1 aliphatic rings. The summed E-state index contributed by atoms with van der Waals surface area (Å²) >= 11 is 3.44. The molecule has 2 aromatic heterocycles.